The molecule has 0 aromatic rings. The van der Waals surface area contributed by atoms with Gasteiger partial charge in [0, 0.05) is 0 Å². The van der Waals surface area contributed by atoms with Gasteiger partial charge in [-0.15, -0.1) is 0 Å². The first kappa shape index (κ1) is 13.5. The second kappa shape index (κ2) is 5.42. The highest BCUT2D eigenvalue weighted by molar-refractivity contribution is 6.43. The van der Waals surface area contributed by atoms with Crippen molar-refractivity contribution < 1.29 is 0 Å². The first-order valence-electron chi connectivity index (χ1n) is 5.83. The summed E-state index contributed by atoms with van der Waals surface area (Å²) in [6.07, 6.45) is 5.54. The van der Waals surface area contributed by atoms with Crippen LogP contribution in [0, 0.1) is 0 Å². The third-order valence-corrected chi connectivity index (χ3v) is 5.43. The topological polar surface area (TPSA) is 0 Å². The summed E-state index contributed by atoms with van der Waals surface area (Å²) in [4.78, 5) is 0. The fourth-order valence-electron chi connectivity index (χ4n) is 2.83. The third-order valence-electron chi connectivity index (χ3n) is 2.81. The Labute approximate surface area is 91.2 Å². The molecule has 78 valence electrons. The van der Waals surface area contributed by atoms with Gasteiger partial charge >= 0.3 is 0 Å². The standard InChI is InChI=1S/2C6H13.Al.H/c2*1-4-5-6(2)3;;/h2*4-5H2,1-3H3;;. The molecular weight excluding hydrogens is 171 g/mol. The maximum Gasteiger partial charge on any atom is 0.251 e. The Bertz CT molecular complexity index is 120. The smallest absolute Gasteiger partial charge is 0.0797 e. The van der Waals surface area contributed by atoms with Crippen molar-refractivity contribution in [3.05, 3.63) is 0 Å². The Morgan fingerprint density at radius 2 is 1.08 bits per heavy atom. The summed E-state index contributed by atoms with van der Waals surface area (Å²) in [6.45, 7) is 14.5. The van der Waals surface area contributed by atoms with E-state index in [0.717, 1.165) is 0 Å². The molecular formula is C12H27Al. The largest absolute Gasteiger partial charge is 0.251 e. The van der Waals surface area contributed by atoms with Gasteiger partial charge in [-0.05, 0) is 0 Å². The van der Waals surface area contributed by atoms with Gasteiger partial charge in [-0.25, -0.2) is 0 Å². The van der Waals surface area contributed by atoms with Crippen LogP contribution in [0.3, 0.4) is 0 Å². The van der Waals surface area contributed by atoms with E-state index in [1.165, 1.54) is 25.7 Å². The van der Waals surface area contributed by atoms with Crippen LogP contribution >= 0.6 is 0 Å². The van der Waals surface area contributed by atoms with E-state index in [9.17, 15) is 0 Å². The highest BCUT2D eigenvalue weighted by Gasteiger charge is 2.30. The fourth-order valence-corrected chi connectivity index (χ4v) is 6.48. The van der Waals surface area contributed by atoms with Crippen LogP contribution in [0.1, 0.15) is 67.2 Å². The number of rotatable bonds is 6. The molecule has 0 N–H and O–H groups in total. The molecule has 1 heteroatoms. The Kier molecular flexibility index (Phi) is 5.64. The first-order valence-corrected chi connectivity index (χ1v) is 7.24. The van der Waals surface area contributed by atoms with Gasteiger partial charge in [0.15, 0.2) is 0 Å². The SMILES string of the molecule is CCC[C](C)(C)[AlH][C](C)(C)CCC. The van der Waals surface area contributed by atoms with E-state index in [0.29, 0.717) is 8.55 Å². The van der Waals surface area contributed by atoms with Crippen LogP contribution in [0.4, 0.5) is 0 Å². The van der Waals surface area contributed by atoms with Crippen molar-refractivity contribution in [3.8, 4) is 0 Å². The lowest BCUT2D eigenvalue weighted by Gasteiger charge is -2.32. The van der Waals surface area contributed by atoms with Crippen molar-refractivity contribution >= 4 is 15.2 Å². The third kappa shape index (κ3) is 6.58. The van der Waals surface area contributed by atoms with Crippen molar-refractivity contribution in [2.75, 3.05) is 0 Å². The maximum absolute atomic E-state index is 2.47. The molecule has 0 spiro atoms. The van der Waals surface area contributed by atoms with Crippen molar-refractivity contribution in [1.82, 2.24) is 0 Å². The molecule has 0 nitrogen and oxygen atoms in total. The molecule has 0 saturated carbocycles. The van der Waals surface area contributed by atoms with E-state index in [1.807, 2.05) is 0 Å². The second-order valence-corrected chi connectivity index (χ2v) is 10.2. The molecule has 0 aliphatic carbocycles. The predicted molar refractivity (Wildman–Crippen MR) is 65.0 cm³/mol. The molecule has 0 aromatic heterocycles. The Morgan fingerprint density at radius 1 is 0.769 bits per heavy atom. The van der Waals surface area contributed by atoms with Crippen molar-refractivity contribution in [3.63, 3.8) is 0 Å². The average Bonchev–Trinajstić information content (AvgIpc) is 1.82. The molecule has 0 rings (SSSR count). The molecule has 0 unspecified atom stereocenters. The second-order valence-electron chi connectivity index (χ2n) is 6.01. The van der Waals surface area contributed by atoms with Gasteiger partial charge in [0.2, 0.25) is 0 Å². The molecule has 0 bridgehead atoms. The highest BCUT2D eigenvalue weighted by Crippen LogP contribution is 2.41. The lowest BCUT2D eigenvalue weighted by atomic mass is 10.1. The molecule has 0 atom stereocenters. The van der Waals surface area contributed by atoms with Gasteiger partial charge in [-0.3, -0.25) is 0 Å². The van der Waals surface area contributed by atoms with E-state index in [1.54, 1.807) is 0 Å². The van der Waals surface area contributed by atoms with Crippen LogP contribution in [0.25, 0.3) is 0 Å². The maximum atomic E-state index is 2.47. The van der Waals surface area contributed by atoms with Crippen molar-refractivity contribution in [1.29, 1.82) is 0 Å². The lowest BCUT2D eigenvalue weighted by molar-refractivity contribution is 0.528. The minimum atomic E-state index is 0.0452. The molecule has 0 heterocycles. The zero-order valence-electron chi connectivity index (χ0n) is 10.5. The van der Waals surface area contributed by atoms with Crippen LogP contribution in [0.2, 0.25) is 8.55 Å². The van der Waals surface area contributed by atoms with Gasteiger partial charge in [-0.1, -0.05) is 75.8 Å². The first-order chi connectivity index (χ1) is 5.83. The van der Waals surface area contributed by atoms with Gasteiger partial charge < -0.3 is 0 Å². The molecule has 13 heavy (non-hydrogen) atoms. The van der Waals surface area contributed by atoms with E-state index >= 15 is 0 Å². The van der Waals surface area contributed by atoms with E-state index in [-0.39, 0.29) is 15.2 Å². The van der Waals surface area contributed by atoms with Gasteiger partial charge in [0.1, 0.15) is 0 Å². The lowest BCUT2D eigenvalue weighted by Crippen LogP contribution is -2.24. The zero-order chi connectivity index (χ0) is 10.5. The quantitative estimate of drug-likeness (QED) is 0.554. The molecule has 0 aromatic carbocycles. The molecule has 0 aliphatic heterocycles. The summed E-state index contributed by atoms with van der Waals surface area (Å²) in [5.41, 5.74) is 0. The van der Waals surface area contributed by atoms with Crippen LogP contribution in [-0.4, -0.2) is 15.2 Å². The van der Waals surface area contributed by atoms with Crippen LogP contribution < -0.4 is 0 Å². The van der Waals surface area contributed by atoms with E-state index < -0.39 is 0 Å². The molecule has 0 amide bonds. The normalized spacial score (nSPS) is 13.1. The predicted octanol–water partition coefficient (Wildman–Crippen LogP) is 4.42. The minimum Gasteiger partial charge on any atom is -0.0797 e. The van der Waals surface area contributed by atoms with Gasteiger partial charge in [0.05, 0.1) is 0 Å². The summed E-state index contributed by atoms with van der Waals surface area (Å²) >= 11 is 0.0452. The highest BCUT2D eigenvalue weighted by atomic mass is 27.1. The summed E-state index contributed by atoms with van der Waals surface area (Å²) in [6, 6.07) is 0. The minimum absolute atomic E-state index is 0.0452. The fraction of sp³-hybridized carbons (Fsp3) is 1.00. The Morgan fingerprint density at radius 3 is 1.31 bits per heavy atom. The summed E-state index contributed by atoms with van der Waals surface area (Å²) in [7, 11) is 0. The molecule has 0 aliphatic rings. The van der Waals surface area contributed by atoms with Gasteiger partial charge in [-0.2, -0.15) is 0 Å². The van der Waals surface area contributed by atoms with Crippen LogP contribution in [0.15, 0.2) is 0 Å². The number of hydrogen-bond donors (Lipinski definition) is 0. The van der Waals surface area contributed by atoms with Crippen LogP contribution in [-0.2, 0) is 0 Å². The van der Waals surface area contributed by atoms with Gasteiger partial charge in [0.25, 0.3) is 15.2 Å². The van der Waals surface area contributed by atoms with E-state index in [2.05, 4.69) is 41.5 Å². The van der Waals surface area contributed by atoms with Crippen molar-refractivity contribution in [2.24, 2.45) is 0 Å². The average molecular weight is 198 g/mol. The van der Waals surface area contributed by atoms with Crippen LogP contribution in [0.5, 0.6) is 0 Å². The summed E-state index contributed by atoms with van der Waals surface area (Å²) in [5, 5.41) is 0. The summed E-state index contributed by atoms with van der Waals surface area (Å²) < 4.78 is 1.35. The monoisotopic (exact) mass is 198 g/mol. The van der Waals surface area contributed by atoms with E-state index in [4.69, 9.17) is 0 Å². The molecule has 0 fully saturated rings. The molecule has 0 saturated heterocycles. The zero-order valence-corrected chi connectivity index (χ0v) is 11.9. The summed E-state index contributed by atoms with van der Waals surface area (Å²) in [5.74, 6) is 0. The molecule has 0 radical (unpaired) electrons. The Hall–Kier alpha value is 0.532. The number of hydrogen-bond acceptors (Lipinski definition) is 0. The Balaban J connectivity index is 4.07. The van der Waals surface area contributed by atoms with Crippen molar-refractivity contribution in [2.45, 2.75) is 75.8 Å².